The second-order valence-corrected chi connectivity index (χ2v) is 4.96. The van der Waals surface area contributed by atoms with Gasteiger partial charge in [-0.2, -0.15) is 0 Å². The summed E-state index contributed by atoms with van der Waals surface area (Å²) in [5.74, 6) is 0.0830. The lowest BCUT2D eigenvalue weighted by Gasteiger charge is -2.10. The number of rotatable bonds is 3. The number of hydrogen-bond donors (Lipinski definition) is 0. The monoisotopic (exact) mass is 310 g/mol. The molecule has 0 aliphatic heterocycles. The molecular formula is C14H18ClF3O2. The minimum atomic E-state index is -4.79. The molecule has 1 aromatic rings. The Labute approximate surface area is 121 Å². The Morgan fingerprint density at radius 3 is 2.15 bits per heavy atom. The van der Waals surface area contributed by atoms with Crippen LogP contribution in [0, 0.1) is 5.92 Å². The van der Waals surface area contributed by atoms with E-state index >= 15 is 0 Å². The van der Waals surface area contributed by atoms with Gasteiger partial charge in [-0.1, -0.05) is 38.8 Å². The van der Waals surface area contributed by atoms with Crippen molar-refractivity contribution < 1.29 is 22.7 Å². The average Bonchev–Trinajstić information content (AvgIpc) is 2.30. The largest absolute Gasteiger partial charge is 0.573 e. The molecule has 0 heterocycles. The molecule has 0 bridgehead atoms. The predicted molar refractivity (Wildman–Crippen MR) is 73.3 cm³/mol. The van der Waals surface area contributed by atoms with E-state index in [1.807, 2.05) is 0 Å². The smallest absolute Gasteiger partial charge is 0.404 e. The first-order valence-corrected chi connectivity index (χ1v) is 6.50. The molecule has 0 aliphatic rings. The Kier molecular flexibility index (Phi) is 7.64. The van der Waals surface area contributed by atoms with Crippen molar-refractivity contribution in [2.45, 2.75) is 40.5 Å². The summed E-state index contributed by atoms with van der Waals surface area (Å²) < 4.78 is 39.1. The maximum Gasteiger partial charge on any atom is 0.573 e. The molecule has 0 saturated carbocycles. The third-order valence-electron chi connectivity index (χ3n) is 2.38. The van der Waals surface area contributed by atoms with Gasteiger partial charge in [-0.25, -0.2) is 0 Å². The van der Waals surface area contributed by atoms with Gasteiger partial charge in [0.15, 0.2) is 5.78 Å². The zero-order valence-electron chi connectivity index (χ0n) is 11.8. The number of hydrogen-bond acceptors (Lipinski definition) is 2. The van der Waals surface area contributed by atoms with Gasteiger partial charge in [0, 0.05) is 5.56 Å². The second-order valence-electron chi connectivity index (χ2n) is 4.55. The van der Waals surface area contributed by atoms with Crippen molar-refractivity contribution in [3.63, 3.8) is 0 Å². The number of benzene rings is 1. The van der Waals surface area contributed by atoms with Gasteiger partial charge in [0.05, 0.1) is 5.02 Å². The Balaban J connectivity index is 0.000000621. The van der Waals surface area contributed by atoms with E-state index in [9.17, 15) is 18.0 Å². The fourth-order valence-electron chi connectivity index (χ4n) is 0.927. The molecule has 114 valence electrons. The number of carbonyl (C=O) groups is 1. The minimum absolute atomic E-state index is 0.231. The summed E-state index contributed by atoms with van der Waals surface area (Å²) in [6.07, 6.45) is -3.48. The van der Waals surface area contributed by atoms with Gasteiger partial charge < -0.3 is 4.74 Å². The summed E-state index contributed by atoms with van der Waals surface area (Å²) in [6, 6.07) is 3.35. The molecule has 0 aromatic heterocycles. The van der Waals surface area contributed by atoms with Crippen LogP contribution in [0.1, 0.15) is 44.5 Å². The van der Waals surface area contributed by atoms with Crippen LogP contribution in [-0.4, -0.2) is 12.1 Å². The number of Topliss-reactive ketones (excluding diaryl/α,β-unsaturated/α-hetero) is 1. The Morgan fingerprint density at radius 1 is 1.35 bits per heavy atom. The van der Waals surface area contributed by atoms with Crippen LogP contribution in [0.15, 0.2) is 18.2 Å². The molecule has 20 heavy (non-hydrogen) atoms. The topological polar surface area (TPSA) is 26.3 Å². The fraction of sp³-hybridized carbons (Fsp3) is 0.500. The summed E-state index contributed by atoms with van der Waals surface area (Å²) in [5, 5.41) is -0.250. The third kappa shape index (κ3) is 8.04. The van der Waals surface area contributed by atoms with E-state index in [2.05, 4.69) is 25.5 Å². The van der Waals surface area contributed by atoms with E-state index in [4.69, 9.17) is 11.6 Å². The zero-order valence-corrected chi connectivity index (χ0v) is 12.6. The lowest BCUT2D eigenvalue weighted by molar-refractivity contribution is -0.274. The maximum absolute atomic E-state index is 11.8. The highest BCUT2D eigenvalue weighted by Gasteiger charge is 2.32. The molecule has 1 aromatic carbocycles. The van der Waals surface area contributed by atoms with Crippen LogP contribution in [0.5, 0.6) is 5.75 Å². The van der Waals surface area contributed by atoms with Gasteiger partial charge in [0.1, 0.15) is 5.75 Å². The Bertz CT molecular complexity index is 443. The summed E-state index contributed by atoms with van der Waals surface area (Å²) in [4.78, 5) is 10.9. The summed E-state index contributed by atoms with van der Waals surface area (Å²) >= 11 is 5.50. The molecule has 0 radical (unpaired) electrons. The van der Waals surface area contributed by atoms with E-state index in [1.165, 1.54) is 19.4 Å². The highest BCUT2D eigenvalue weighted by atomic mass is 35.5. The van der Waals surface area contributed by atoms with Crippen LogP contribution in [-0.2, 0) is 0 Å². The van der Waals surface area contributed by atoms with Gasteiger partial charge in [0.2, 0.25) is 0 Å². The molecule has 2 nitrogen and oxygen atoms in total. The maximum atomic E-state index is 11.8. The van der Waals surface area contributed by atoms with E-state index in [1.54, 1.807) is 0 Å². The molecule has 1 rings (SSSR count). The number of ether oxygens (including phenoxy) is 1. The molecule has 0 amide bonds. The second kappa shape index (κ2) is 8.15. The van der Waals surface area contributed by atoms with Crippen molar-refractivity contribution in [1.82, 2.24) is 0 Å². The van der Waals surface area contributed by atoms with Crippen molar-refractivity contribution in [2.24, 2.45) is 5.92 Å². The van der Waals surface area contributed by atoms with Gasteiger partial charge >= 0.3 is 6.36 Å². The van der Waals surface area contributed by atoms with Crippen molar-refractivity contribution in [3.8, 4) is 5.75 Å². The van der Waals surface area contributed by atoms with Crippen molar-refractivity contribution >= 4 is 17.4 Å². The molecule has 0 aliphatic carbocycles. The zero-order chi connectivity index (χ0) is 15.9. The first-order valence-electron chi connectivity index (χ1n) is 6.13. The van der Waals surface area contributed by atoms with Crippen LogP contribution in [0.25, 0.3) is 0 Å². The van der Waals surface area contributed by atoms with Gasteiger partial charge in [-0.15, -0.1) is 13.2 Å². The number of halogens is 4. The SMILES string of the molecule is CC(=O)c1ccc(OC(F)(F)F)c(Cl)c1.CCC(C)C. The third-order valence-corrected chi connectivity index (χ3v) is 2.68. The lowest BCUT2D eigenvalue weighted by atomic mass is 10.1. The van der Waals surface area contributed by atoms with Crippen molar-refractivity contribution in [1.29, 1.82) is 0 Å². The number of ketones is 1. The number of carbonyl (C=O) groups excluding carboxylic acids is 1. The first-order chi connectivity index (χ1) is 9.06. The lowest BCUT2D eigenvalue weighted by Crippen LogP contribution is -2.17. The van der Waals surface area contributed by atoms with Gasteiger partial charge in [0.25, 0.3) is 0 Å². The number of alkyl halides is 3. The molecule has 0 unspecified atom stereocenters. The van der Waals surface area contributed by atoms with Crippen molar-refractivity contribution in [3.05, 3.63) is 28.8 Å². The summed E-state index contributed by atoms with van der Waals surface area (Å²) in [7, 11) is 0. The summed E-state index contributed by atoms with van der Waals surface area (Å²) in [5.41, 5.74) is 0.231. The van der Waals surface area contributed by atoms with E-state index in [0.717, 1.165) is 18.1 Å². The highest BCUT2D eigenvalue weighted by Crippen LogP contribution is 2.30. The van der Waals surface area contributed by atoms with Crippen LogP contribution in [0.3, 0.4) is 0 Å². The minimum Gasteiger partial charge on any atom is -0.404 e. The predicted octanol–water partition coefficient (Wildman–Crippen LogP) is 5.49. The van der Waals surface area contributed by atoms with E-state index < -0.39 is 12.1 Å². The Morgan fingerprint density at radius 2 is 1.85 bits per heavy atom. The van der Waals surface area contributed by atoms with E-state index in [-0.39, 0.29) is 16.4 Å². The van der Waals surface area contributed by atoms with Crippen molar-refractivity contribution in [2.75, 3.05) is 0 Å². The fourth-order valence-corrected chi connectivity index (χ4v) is 1.15. The molecule has 6 heteroatoms. The van der Waals surface area contributed by atoms with Crippen LogP contribution < -0.4 is 4.74 Å². The van der Waals surface area contributed by atoms with Gasteiger partial charge in [-0.3, -0.25) is 4.79 Å². The van der Waals surface area contributed by atoms with Gasteiger partial charge in [-0.05, 0) is 31.0 Å². The molecule has 0 N–H and O–H groups in total. The molecule has 0 fully saturated rings. The average molecular weight is 311 g/mol. The molecule has 0 atom stereocenters. The summed E-state index contributed by atoms with van der Waals surface area (Å²) in [6.45, 7) is 7.93. The van der Waals surface area contributed by atoms with Crippen LogP contribution in [0.2, 0.25) is 5.02 Å². The quantitative estimate of drug-likeness (QED) is 0.690. The highest BCUT2D eigenvalue weighted by molar-refractivity contribution is 6.32. The molecular weight excluding hydrogens is 293 g/mol. The normalized spacial score (nSPS) is 10.8. The van der Waals surface area contributed by atoms with Crippen LogP contribution >= 0.6 is 11.6 Å². The van der Waals surface area contributed by atoms with Crippen LogP contribution in [0.4, 0.5) is 13.2 Å². The standard InChI is InChI=1S/C9H6ClF3O2.C5H12/c1-5(14)6-2-3-8(7(10)4-6)15-9(11,12)13;1-4-5(2)3/h2-4H,1H3;5H,4H2,1-3H3. The molecule has 0 saturated heterocycles. The van der Waals surface area contributed by atoms with E-state index in [0.29, 0.717) is 0 Å². The Hall–Kier alpha value is -1.23. The first kappa shape index (κ1) is 18.8. The molecule has 0 spiro atoms.